The van der Waals surface area contributed by atoms with Crippen LogP contribution in [0.3, 0.4) is 0 Å². The zero-order valence-electron chi connectivity index (χ0n) is 14.3. The standard InChI is InChI=1S/3C5H10O2.Bi/c3*1-4(2)3-5(6)7;/h3*4H,3H2,1-2H3,(H,6,7);/q;;;+3/p-3. The molecule has 22 heavy (non-hydrogen) atoms. The van der Waals surface area contributed by atoms with Crippen molar-refractivity contribution in [1.82, 2.24) is 0 Å². The van der Waals surface area contributed by atoms with Crippen molar-refractivity contribution in [1.29, 1.82) is 0 Å². The molecule has 0 aliphatic heterocycles. The van der Waals surface area contributed by atoms with Crippen LogP contribution in [-0.2, 0) is 14.4 Å². The molecule has 0 saturated carbocycles. The summed E-state index contributed by atoms with van der Waals surface area (Å²) >= 11 is 0. The Kier molecular flexibility index (Phi) is 24.4. The molecule has 6 nitrogen and oxygen atoms in total. The second-order valence-corrected chi connectivity index (χ2v) is 5.91. The normalized spacial score (nSPS) is 9.14. The summed E-state index contributed by atoms with van der Waals surface area (Å²) in [5, 5.41) is 29.1. The molecule has 0 fully saturated rings. The number of carboxylic acids is 3. The third-order valence-electron chi connectivity index (χ3n) is 1.72. The van der Waals surface area contributed by atoms with Gasteiger partial charge >= 0.3 is 26.2 Å². The fourth-order valence-corrected chi connectivity index (χ4v) is 1.00. The number of carbonyl (C=O) groups excluding carboxylic acids is 3. The maximum absolute atomic E-state index is 9.70. The second-order valence-electron chi connectivity index (χ2n) is 5.91. The van der Waals surface area contributed by atoms with Gasteiger partial charge in [0.15, 0.2) is 0 Å². The number of carboxylic acid groups (broad SMARTS) is 3. The van der Waals surface area contributed by atoms with E-state index in [4.69, 9.17) is 0 Å². The van der Waals surface area contributed by atoms with E-state index in [0.717, 1.165) is 0 Å². The first-order valence-electron chi connectivity index (χ1n) is 6.97. The average molecular weight is 512 g/mol. The first-order chi connectivity index (χ1) is 9.38. The van der Waals surface area contributed by atoms with Crippen molar-refractivity contribution in [3.8, 4) is 0 Å². The van der Waals surface area contributed by atoms with Crippen molar-refractivity contribution in [2.24, 2.45) is 17.8 Å². The van der Waals surface area contributed by atoms with Gasteiger partial charge in [0, 0.05) is 17.9 Å². The fourth-order valence-electron chi connectivity index (χ4n) is 1.00. The monoisotopic (exact) mass is 512 g/mol. The van der Waals surface area contributed by atoms with Crippen LogP contribution in [0.5, 0.6) is 0 Å². The molecular weight excluding hydrogens is 485 g/mol. The summed E-state index contributed by atoms with van der Waals surface area (Å²) in [5.74, 6) is -2.25. The Balaban J connectivity index is -0.000000108. The third-order valence-corrected chi connectivity index (χ3v) is 1.72. The Labute approximate surface area is 152 Å². The summed E-state index contributed by atoms with van der Waals surface area (Å²) in [6, 6.07) is 0. The van der Waals surface area contributed by atoms with Crippen LogP contribution in [0.4, 0.5) is 0 Å². The van der Waals surface area contributed by atoms with E-state index in [9.17, 15) is 29.7 Å². The zero-order valence-corrected chi connectivity index (χ0v) is 17.7. The van der Waals surface area contributed by atoms with Crippen molar-refractivity contribution >= 4 is 44.1 Å². The van der Waals surface area contributed by atoms with Gasteiger partial charge in [-0.2, -0.15) is 0 Å². The van der Waals surface area contributed by atoms with Crippen LogP contribution in [0.25, 0.3) is 0 Å². The number of hydrogen-bond acceptors (Lipinski definition) is 6. The molecule has 0 aromatic rings. The van der Waals surface area contributed by atoms with Gasteiger partial charge in [-0.05, 0) is 37.0 Å². The molecule has 0 aliphatic carbocycles. The fraction of sp³-hybridized carbons (Fsp3) is 0.800. The number of aliphatic carboxylic acids is 3. The minimum absolute atomic E-state index is 0. The predicted molar refractivity (Wildman–Crippen MR) is 79.1 cm³/mol. The molecule has 0 N–H and O–H groups in total. The summed E-state index contributed by atoms with van der Waals surface area (Å²) in [7, 11) is 0. The molecule has 0 rings (SSSR count). The molecule has 0 spiro atoms. The van der Waals surface area contributed by atoms with E-state index in [2.05, 4.69) is 0 Å². The van der Waals surface area contributed by atoms with Crippen LogP contribution in [0.15, 0.2) is 0 Å². The molecule has 0 saturated heterocycles. The van der Waals surface area contributed by atoms with Crippen LogP contribution < -0.4 is 15.3 Å². The van der Waals surface area contributed by atoms with E-state index in [1.165, 1.54) is 0 Å². The SMILES string of the molecule is CC(C)CC(=O)[O-].CC(C)CC(=O)[O-].CC(C)CC(=O)[O-].[Bi+3]. The largest absolute Gasteiger partial charge is 3.00 e. The van der Waals surface area contributed by atoms with Crippen LogP contribution in [0, 0.1) is 17.8 Å². The second kappa shape index (κ2) is 18.3. The van der Waals surface area contributed by atoms with Gasteiger partial charge in [-0.15, -0.1) is 0 Å². The van der Waals surface area contributed by atoms with E-state index in [1.807, 2.05) is 41.5 Å². The molecular formula is C15H27BiO6. The molecule has 0 aliphatic rings. The quantitative estimate of drug-likeness (QED) is 0.420. The summed E-state index contributed by atoms with van der Waals surface area (Å²) < 4.78 is 0. The van der Waals surface area contributed by atoms with E-state index >= 15 is 0 Å². The van der Waals surface area contributed by atoms with Gasteiger partial charge in [-0.3, -0.25) is 0 Å². The van der Waals surface area contributed by atoms with Crippen LogP contribution in [0.2, 0.25) is 0 Å². The number of rotatable bonds is 6. The Hall–Kier alpha value is -0.707. The van der Waals surface area contributed by atoms with Crippen LogP contribution >= 0.6 is 0 Å². The van der Waals surface area contributed by atoms with Gasteiger partial charge in [0.25, 0.3) is 0 Å². The van der Waals surface area contributed by atoms with Gasteiger partial charge < -0.3 is 29.7 Å². The van der Waals surface area contributed by atoms with Gasteiger partial charge in [-0.25, -0.2) is 0 Å². The Bertz CT molecular complexity index is 253. The molecule has 0 unspecified atom stereocenters. The molecule has 0 aromatic carbocycles. The van der Waals surface area contributed by atoms with Crippen LogP contribution in [0.1, 0.15) is 60.8 Å². The van der Waals surface area contributed by atoms with Crippen molar-refractivity contribution in [2.45, 2.75) is 60.8 Å². The molecule has 0 atom stereocenters. The van der Waals surface area contributed by atoms with Gasteiger partial charge in [0.2, 0.25) is 0 Å². The molecule has 0 heterocycles. The third kappa shape index (κ3) is 50.6. The van der Waals surface area contributed by atoms with Crippen molar-refractivity contribution in [2.75, 3.05) is 0 Å². The van der Waals surface area contributed by atoms with Gasteiger partial charge in [0.05, 0.1) is 0 Å². The van der Waals surface area contributed by atoms with Crippen molar-refractivity contribution < 1.29 is 29.7 Å². The zero-order chi connectivity index (χ0) is 17.6. The molecule has 128 valence electrons. The van der Waals surface area contributed by atoms with E-state index < -0.39 is 17.9 Å². The smallest absolute Gasteiger partial charge is 0.550 e. The first kappa shape index (κ1) is 29.3. The molecule has 0 aromatic heterocycles. The Morgan fingerprint density at radius 2 is 0.727 bits per heavy atom. The summed E-state index contributed by atoms with van der Waals surface area (Å²) in [6.07, 6.45) is 0.500. The van der Waals surface area contributed by atoms with Crippen molar-refractivity contribution in [3.05, 3.63) is 0 Å². The Morgan fingerprint density at radius 3 is 0.727 bits per heavy atom. The molecule has 0 amide bonds. The minimum atomic E-state index is -0.963. The maximum Gasteiger partial charge on any atom is 3.00 e. The van der Waals surface area contributed by atoms with Gasteiger partial charge in [-0.1, -0.05) is 41.5 Å². The molecule has 0 bridgehead atoms. The summed E-state index contributed by atoms with van der Waals surface area (Å²) in [4.78, 5) is 29.1. The predicted octanol–water partition coefficient (Wildman–Crippen LogP) is -1.03. The summed E-state index contributed by atoms with van der Waals surface area (Å²) in [5.41, 5.74) is 0. The van der Waals surface area contributed by atoms with Crippen LogP contribution in [-0.4, -0.2) is 44.1 Å². The Morgan fingerprint density at radius 1 is 0.591 bits per heavy atom. The number of carbonyl (C=O) groups is 3. The molecule has 2 radical (unpaired) electrons. The maximum atomic E-state index is 9.70. The minimum Gasteiger partial charge on any atom is -0.550 e. The number of hydrogen-bond donors (Lipinski definition) is 0. The van der Waals surface area contributed by atoms with E-state index in [1.54, 1.807) is 0 Å². The topological polar surface area (TPSA) is 120 Å². The van der Waals surface area contributed by atoms with E-state index in [0.29, 0.717) is 0 Å². The van der Waals surface area contributed by atoms with E-state index in [-0.39, 0.29) is 63.2 Å². The first-order valence-corrected chi connectivity index (χ1v) is 6.97. The van der Waals surface area contributed by atoms with Crippen molar-refractivity contribution in [3.63, 3.8) is 0 Å². The summed E-state index contributed by atoms with van der Waals surface area (Å²) in [6.45, 7) is 11.1. The average Bonchev–Trinajstić information content (AvgIpc) is 2.10. The van der Waals surface area contributed by atoms with Gasteiger partial charge in [0.1, 0.15) is 0 Å². The molecule has 7 heteroatoms.